The van der Waals surface area contributed by atoms with Gasteiger partial charge < -0.3 is 4.57 Å². The minimum atomic E-state index is 0. The fourth-order valence-corrected chi connectivity index (χ4v) is 4.06. The predicted octanol–water partition coefficient (Wildman–Crippen LogP) is 6.59. The average Bonchev–Trinajstić information content (AvgIpc) is 3.07. The zero-order chi connectivity index (χ0) is 17.7. The molecule has 0 aliphatic carbocycles. The van der Waals surface area contributed by atoms with Crippen LogP contribution in [0.2, 0.25) is 0 Å². The van der Waals surface area contributed by atoms with Crippen LogP contribution in [0.1, 0.15) is 16.7 Å². The Hall–Kier alpha value is -2.65. The molecule has 3 aromatic carbocycles. The maximum Gasteiger partial charge on any atom is 0.0754 e. The Balaban J connectivity index is 0.00000180. The molecular weight excluding hydrogens is 396 g/mol. The Morgan fingerprint density at radius 2 is 1.52 bits per heavy atom. The smallest absolute Gasteiger partial charge is 0.0754 e. The van der Waals surface area contributed by atoms with E-state index in [9.17, 15) is 0 Å². The van der Waals surface area contributed by atoms with Gasteiger partial charge in [-0.05, 0) is 48.1 Å². The van der Waals surface area contributed by atoms with Crippen LogP contribution in [0.4, 0.5) is 0 Å². The van der Waals surface area contributed by atoms with Gasteiger partial charge in [-0.2, -0.15) is 0 Å². The Morgan fingerprint density at radius 3 is 2.33 bits per heavy atom. The molecule has 0 aliphatic heterocycles. The van der Waals surface area contributed by atoms with E-state index in [0.29, 0.717) is 0 Å². The fraction of sp³-hybridized carbons (Fsp3) is 0.125. The van der Waals surface area contributed by atoms with Gasteiger partial charge in [0.15, 0.2) is 0 Å². The molecule has 27 heavy (non-hydrogen) atoms. The summed E-state index contributed by atoms with van der Waals surface area (Å²) in [6, 6.07) is 21.3. The minimum absolute atomic E-state index is 0. The summed E-state index contributed by atoms with van der Waals surface area (Å²) in [5.41, 5.74) is 6.12. The number of halogens is 1. The highest BCUT2D eigenvalue weighted by molar-refractivity contribution is 8.93. The van der Waals surface area contributed by atoms with E-state index < -0.39 is 0 Å². The van der Waals surface area contributed by atoms with E-state index in [1.165, 1.54) is 38.2 Å². The second-order valence-electron chi connectivity index (χ2n) is 7.03. The molecule has 0 amide bonds. The van der Waals surface area contributed by atoms with Crippen LogP contribution in [-0.4, -0.2) is 9.55 Å². The van der Waals surface area contributed by atoms with E-state index >= 15 is 0 Å². The van der Waals surface area contributed by atoms with Crippen LogP contribution in [0.3, 0.4) is 0 Å². The van der Waals surface area contributed by atoms with Crippen molar-refractivity contribution in [2.45, 2.75) is 20.4 Å². The minimum Gasteiger partial charge on any atom is -0.349 e. The van der Waals surface area contributed by atoms with Crippen LogP contribution < -0.4 is 0 Å². The summed E-state index contributed by atoms with van der Waals surface area (Å²) < 4.78 is 2.27. The molecule has 5 aromatic rings. The van der Waals surface area contributed by atoms with Gasteiger partial charge in [-0.25, -0.2) is 4.98 Å². The summed E-state index contributed by atoms with van der Waals surface area (Å²) in [5, 5.41) is 5.15. The normalized spacial score (nSPS) is 11.2. The molecule has 0 saturated heterocycles. The average molecular weight is 417 g/mol. The van der Waals surface area contributed by atoms with E-state index in [-0.39, 0.29) is 17.0 Å². The first-order valence-corrected chi connectivity index (χ1v) is 9.03. The molecular formula is C24H21BrN2. The monoisotopic (exact) mass is 416 g/mol. The summed E-state index contributed by atoms with van der Waals surface area (Å²) >= 11 is 0. The Kier molecular flexibility index (Phi) is 4.48. The summed E-state index contributed by atoms with van der Waals surface area (Å²) in [4.78, 5) is 4.91. The van der Waals surface area contributed by atoms with Crippen LogP contribution in [0.25, 0.3) is 32.6 Å². The van der Waals surface area contributed by atoms with E-state index in [2.05, 4.69) is 91.5 Å². The van der Waals surface area contributed by atoms with Crippen molar-refractivity contribution in [1.82, 2.24) is 9.55 Å². The first-order chi connectivity index (χ1) is 12.7. The maximum atomic E-state index is 4.91. The number of fused-ring (bicyclic) bond motifs is 4. The van der Waals surface area contributed by atoms with Crippen molar-refractivity contribution < 1.29 is 0 Å². The lowest BCUT2D eigenvalue weighted by Gasteiger charge is -2.13. The molecule has 0 radical (unpaired) electrons. The molecule has 2 nitrogen and oxygen atoms in total. The van der Waals surface area contributed by atoms with Gasteiger partial charge in [-0.3, -0.25) is 0 Å². The quantitative estimate of drug-likeness (QED) is 0.317. The third kappa shape index (κ3) is 2.83. The number of rotatable bonds is 2. The summed E-state index contributed by atoms with van der Waals surface area (Å²) in [6.07, 6.45) is 4.46. The van der Waals surface area contributed by atoms with Gasteiger partial charge in [-0.1, -0.05) is 48.5 Å². The van der Waals surface area contributed by atoms with Crippen LogP contribution in [0.15, 0.2) is 73.1 Å². The number of aryl methyl sites for hydroxylation is 2. The molecule has 0 N–H and O–H groups in total. The van der Waals surface area contributed by atoms with Gasteiger partial charge in [-0.15, -0.1) is 17.0 Å². The SMILES string of the molecule is Br.Cc1c2ccn(Cc3ccccc3)cc2c(C)c2c1nc1ccccc12. The molecule has 134 valence electrons. The standard InChI is InChI=1S/C24H20N2.BrH/c1-16-21-15-26(14-18-8-4-3-5-9-18)13-12-19(21)17(2)24-23(16)20-10-6-7-11-22(20)25-24;/h3-13,15H,14H2,1-2H3;1H. The van der Waals surface area contributed by atoms with Crippen molar-refractivity contribution in [3.05, 3.63) is 89.7 Å². The third-order valence-electron chi connectivity index (χ3n) is 5.41. The van der Waals surface area contributed by atoms with Crippen LogP contribution in [0, 0.1) is 13.8 Å². The van der Waals surface area contributed by atoms with Gasteiger partial charge in [0.2, 0.25) is 0 Å². The zero-order valence-corrected chi connectivity index (χ0v) is 17.2. The van der Waals surface area contributed by atoms with E-state index in [1.54, 1.807) is 0 Å². The molecule has 5 rings (SSSR count). The molecule has 0 saturated carbocycles. The lowest BCUT2D eigenvalue weighted by atomic mass is 9.97. The molecule has 2 aromatic heterocycles. The Bertz CT molecular complexity index is 1270. The Morgan fingerprint density at radius 1 is 0.778 bits per heavy atom. The maximum absolute atomic E-state index is 4.91. The van der Waals surface area contributed by atoms with Crippen molar-refractivity contribution in [3.8, 4) is 0 Å². The summed E-state index contributed by atoms with van der Waals surface area (Å²) in [5.74, 6) is 0. The largest absolute Gasteiger partial charge is 0.349 e. The summed E-state index contributed by atoms with van der Waals surface area (Å²) in [7, 11) is 0. The molecule has 0 fully saturated rings. The highest BCUT2D eigenvalue weighted by Crippen LogP contribution is 2.36. The molecule has 0 spiro atoms. The van der Waals surface area contributed by atoms with Gasteiger partial charge >= 0.3 is 0 Å². The van der Waals surface area contributed by atoms with Crippen molar-refractivity contribution in [1.29, 1.82) is 0 Å². The number of para-hydroxylation sites is 1. The molecule has 0 aliphatic rings. The number of nitrogens with zero attached hydrogens (tertiary/aromatic N) is 2. The first-order valence-electron chi connectivity index (χ1n) is 9.03. The molecule has 0 atom stereocenters. The van der Waals surface area contributed by atoms with Gasteiger partial charge in [0.25, 0.3) is 0 Å². The molecule has 0 bridgehead atoms. The van der Waals surface area contributed by atoms with Crippen molar-refractivity contribution in [3.63, 3.8) is 0 Å². The number of aromatic nitrogens is 2. The van der Waals surface area contributed by atoms with E-state index in [4.69, 9.17) is 4.98 Å². The highest BCUT2D eigenvalue weighted by Gasteiger charge is 2.14. The number of hydrogen-bond donors (Lipinski definition) is 0. The van der Waals surface area contributed by atoms with E-state index in [1.807, 2.05) is 0 Å². The topological polar surface area (TPSA) is 17.8 Å². The number of benzene rings is 3. The van der Waals surface area contributed by atoms with Gasteiger partial charge in [0.1, 0.15) is 0 Å². The van der Waals surface area contributed by atoms with Crippen molar-refractivity contribution >= 4 is 49.6 Å². The number of hydrogen-bond acceptors (Lipinski definition) is 1. The van der Waals surface area contributed by atoms with Crippen LogP contribution in [0.5, 0.6) is 0 Å². The van der Waals surface area contributed by atoms with Crippen molar-refractivity contribution in [2.24, 2.45) is 0 Å². The van der Waals surface area contributed by atoms with Crippen LogP contribution in [-0.2, 0) is 6.54 Å². The second-order valence-corrected chi connectivity index (χ2v) is 7.03. The Labute approximate surface area is 169 Å². The number of pyridine rings is 1. The molecule has 2 heterocycles. The highest BCUT2D eigenvalue weighted by atomic mass is 79.9. The van der Waals surface area contributed by atoms with Gasteiger partial charge in [0.05, 0.1) is 11.0 Å². The zero-order valence-electron chi connectivity index (χ0n) is 15.4. The molecule has 3 heteroatoms. The first kappa shape index (κ1) is 17.7. The third-order valence-corrected chi connectivity index (χ3v) is 5.41. The van der Waals surface area contributed by atoms with E-state index in [0.717, 1.165) is 17.6 Å². The van der Waals surface area contributed by atoms with Crippen molar-refractivity contribution in [2.75, 3.05) is 0 Å². The predicted molar refractivity (Wildman–Crippen MR) is 120 cm³/mol. The molecule has 0 unspecified atom stereocenters. The lowest BCUT2D eigenvalue weighted by molar-refractivity contribution is 0.797. The fourth-order valence-electron chi connectivity index (χ4n) is 4.06. The lowest BCUT2D eigenvalue weighted by Crippen LogP contribution is -2.00. The summed E-state index contributed by atoms with van der Waals surface area (Å²) in [6.45, 7) is 5.30. The van der Waals surface area contributed by atoms with Crippen LogP contribution >= 0.6 is 17.0 Å². The second kappa shape index (κ2) is 6.82. The van der Waals surface area contributed by atoms with Gasteiger partial charge in [0, 0.05) is 35.1 Å².